The lowest BCUT2D eigenvalue weighted by molar-refractivity contribution is 0.205. The molecule has 40 heavy (non-hydrogen) atoms. The van der Waals surface area contributed by atoms with Crippen molar-refractivity contribution in [1.29, 1.82) is 0 Å². The topological polar surface area (TPSA) is 72.0 Å². The second-order valence-corrected chi connectivity index (χ2v) is 11.5. The Labute approximate surface area is 240 Å². The molecule has 1 fully saturated rings. The minimum atomic E-state index is 0.371. The van der Waals surface area contributed by atoms with E-state index in [2.05, 4.69) is 109 Å². The third-order valence-electron chi connectivity index (χ3n) is 7.36. The summed E-state index contributed by atoms with van der Waals surface area (Å²) in [4.78, 5) is 18.7. The maximum absolute atomic E-state index is 6.25. The van der Waals surface area contributed by atoms with Crippen molar-refractivity contribution in [2.75, 3.05) is 97.2 Å². The van der Waals surface area contributed by atoms with Crippen LogP contribution in [-0.2, 0) is 6.54 Å². The van der Waals surface area contributed by atoms with E-state index in [1.807, 2.05) is 6.07 Å². The number of benzene rings is 2. The van der Waals surface area contributed by atoms with E-state index in [1.54, 1.807) is 0 Å². The molecule has 218 valence electrons. The summed E-state index contributed by atoms with van der Waals surface area (Å²) in [6, 6.07) is 15.0. The van der Waals surface area contributed by atoms with Crippen molar-refractivity contribution >= 4 is 28.4 Å². The molecule has 1 aromatic heterocycles. The Kier molecular flexibility index (Phi) is 10.8. The van der Waals surface area contributed by atoms with Gasteiger partial charge >= 0.3 is 0 Å². The molecule has 3 aromatic rings. The largest absolute Gasteiger partial charge is 0.492 e. The number of aromatic nitrogens is 2. The second-order valence-electron chi connectivity index (χ2n) is 11.5. The van der Waals surface area contributed by atoms with Crippen LogP contribution in [0.15, 0.2) is 42.5 Å². The lowest BCUT2D eigenvalue weighted by Crippen LogP contribution is -2.39. The van der Waals surface area contributed by atoms with Crippen molar-refractivity contribution in [3.05, 3.63) is 48.0 Å². The number of likely N-dealkylation sites (N-methyl/N-ethyl adjacent to an activating group) is 1. The molecule has 1 aliphatic rings. The highest BCUT2D eigenvalue weighted by Crippen LogP contribution is 2.31. The zero-order chi connectivity index (χ0) is 28.5. The monoisotopic (exact) mass is 548 g/mol. The van der Waals surface area contributed by atoms with Gasteiger partial charge in [0, 0.05) is 69.5 Å². The minimum Gasteiger partial charge on any atom is -0.492 e. The number of likely N-dealkylation sites (tertiary alicyclic amines) is 1. The van der Waals surface area contributed by atoms with Crippen LogP contribution in [-0.4, -0.2) is 112 Å². The van der Waals surface area contributed by atoms with Gasteiger partial charge in [0.1, 0.15) is 18.2 Å². The molecule has 0 spiro atoms. The number of piperidine rings is 1. The Hall–Kier alpha value is -3.14. The fourth-order valence-corrected chi connectivity index (χ4v) is 5.12. The number of para-hydroxylation sites is 1. The maximum Gasteiger partial charge on any atom is 0.225 e. The van der Waals surface area contributed by atoms with Crippen molar-refractivity contribution in [2.24, 2.45) is 0 Å². The van der Waals surface area contributed by atoms with Crippen LogP contribution in [0, 0.1) is 0 Å². The van der Waals surface area contributed by atoms with Crippen molar-refractivity contribution in [3.8, 4) is 5.75 Å². The normalized spacial score (nSPS) is 14.7. The lowest BCUT2D eigenvalue weighted by atomic mass is 10.0. The Balaban J connectivity index is 1.40. The smallest absolute Gasteiger partial charge is 0.225 e. The fourth-order valence-electron chi connectivity index (χ4n) is 5.12. The third kappa shape index (κ3) is 8.43. The molecule has 2 aromatic carbocycles. The van der Waals surface area contributed by atoms with E-state index in [1.165, 1.54) is 11.3 Å². The predicted molar refractivity (Wildman–Crippen MR) is 168 cm³/mol. The zero-order valence-corrected chi connectivity index (χ0v) is 25.3. The first kappa shape index (κ1) is 29.8. The van der Waals surface area contributed by atoms with Gasteiger partial charge in [-0.1, -0.05) is 18.2 Å². The van der Waals surface area contributed by atoms with E-state index < -0.39 is 0 Å². The molecule has 4 rings (SSSR count). The number of hydrogen-bond donors (Lipinski definition) is 2. The molecule has 0 amide bonds. The van der Waals surface area contributed by atoms with Crippen LogP contribution in [0.2, 0.25) is 0 Å². The number of ether oxygens (including phenoxy) is 1. The zero-order valence-electron chi connectivity index (χ0n) is 25.3. The molecule has 0 unspecified atom stereocenters. The number of nitrogens with zero attached hydrogens (tertiary/aromatic N) is 6. The number of rotatable bonds is 14. The molecule has 2 N–H and O–H groups in total. The summed E-state index contributed by atoms with van der Waals surface area (Å²) < 4.78 is 6.25. The van der Waals surface area contributed by atoms with Crippen molar-refractivity contribution in [3.63, 3.8) is 0 Å². The Bertz CT molecular complexity index is 1210. The van der Waals surface area contributed by atoms with Gasteiger partial charge in [0.2, 0.25) is 5.95 Å². The van der Waals surface area contributed by atoms with Gasteiger partial charge in [-0.2, -0.15) is 4.98 Å². The van der Waals surface area contributed by atoms with Crippen LogP contribution in [0.4, 0.5) is 17.5 Å². The standard InChI is InChI=1S/C31H48N8O/c1-36(2)18-10-17-32-31-34-27-12-8-7-11-25(27)30(35-31)33-24-15-19-39(20-16-24)23-26-28(38(5)6)13-9-14-29(26)40-22-21-37(3)4/h7-9,11-14,24H,10,15-23H2,1-6H3,(H2,32,33,34,35). The molecule has 1 aliphatic heterocycles. The van der Waals surface area contributed by atoms with Gasteiger partial charge in [0.15, 0.2) is 0 Å². The number of nitrogens with one attached hydrogen (secondary N) is 2. The first-order valence-corrected chi connectivity index (χ1v) is 14.5. The van der Waals surface area contributed by atoms with Crippen LogP contribution in [0.5, 0.6) is 5.75 Å². The van der Waals surface area contributed by atoms with Gasteiger partial charge in [-0.25, -0.2) is 4.98 Å². The molecule has 1 saturated heterocycles. The Morgan fingerprint density at radius 3 is 2.38 bits per heavy atom. The molecule has 0 bridgehead atoms. The number of anilines is 3. The maximum atomic E-state index is 6.25. The van der Waals surface area contributed by atoms with E-state index in [-0.39, 0.29) is 0 Å². The number of hydrogen-bond acceptors (Lipinski definition) is 9. The first-order valence-electron chi connectivity index (χ1n) is 14.5. The Morgan fingerprint density at radius 1 is 0.900 bits per heavy atom. The molecular formula is C31H48N8O. The highest BCUT2D eigenvalue weighted by Gasteiger charge is 2.23. The third-order valence-corrected chi connectivity index (χ3v) is 7.36. The lowest BCUT2D eigenvalue weighted by Gasteiger charge is -2.34. The van der Waals surface area contributed by atoms with Gasteiger partial charge < -0.3 is 30.1 Å². The quantitative estimate of drug-likeness (QED) is 0.290. The molecule has 0 atom stereocenters. The molecular weight excluding hydrogens is 500 g/mol. The highest BCUT2D eigenvalue weighted by molar-refractivity contribution is 5.90. The van der Waals surface area contributed by atoms with Gasteiger partial charge in [0.05, 0.1) is 5.52 Å². The van der Waals surface area contributed by atoms with E-state index >= 15 is 0 Å². The summed E-state index contributed by atoms with van der Waals surface area (Å²) in [5.41, 5.74) is 3.46. The number of fused-ring (bicyclic) bond motifs is 1. The van der Waals surface area contributed by atoms with Crippen LogP contribution >= 0.6 is 0 Å². The average molecular weight is 549 g/mol. The first-order chi connectivity index (χ1) is 19.3. The highest BCUT2D eigenvalue weighted by atomic mass is 16.5. The van der Waals surface area contributed by atoms with E-state index in [0.717, 1.165) is 81.0 Å². The molecule has 9 nitrogen and oxygen atoms in total. The molecule has 9 heteroatoms. The van der Waals surface area contributed by atoms with Crippen LogP contribution in [0.1, 0.15) is 24.8 Å². The minimum absolute atomic E-state index is 0.371. The van der Waals surface area contributed by atoms with Gasteiger partial charge in [-0.15, -0.1) is 0 Å². The summed E-state index contributed by atoms with van der Waals surface area (Å²) in [6.07, 6.45) is 3.17. The van der Waals surface area contributed by atoms with Crippen molar-refractivity contribution in [2.45, 2.75) is 31.8 Å². The summed E-state index contributed by atoms with van der Waals surface area (Å²) in [5, 5.41) is 8.27. The molecule has 0 saturated carbocycles. The van der Waals surface area contributed by atoms with Gasteiger partial charge in [-0.05, 0) is 78.3 Å². The van der Waals surface area contributed by atoms with Crippen molar-refractivity contribution in [1.82, 2.24) is 24.7 Å². The molecule has 0 radical (unpaired) electrons. The van der Waals surface area contributed by atoms with E-state index in [4.69, 9.17) is 14.7 Å². The SMILES string of the molecule is CN(C)CCCNc1nc(NC2CCN(Cc3c(OCCN(C)C)cccc3N(C)C)CC2)c2ccccc2n1. The molecule has 0 aliphatic carbocycles. The average Bonchev–Trinajstić information content (AvgIpc) is 2.92. The Morgan fingerprint density at radius 2 is 1.65 bits per heavy atom. The van der Waals surface area contributed by atoms with Crippen LogP contribution in [0.3, 0.4) is 0 Å². The van der Waals surface area contributed by atoms with Gasteiger partial charge in [-0.3, -0.25) is 4.90 Å². The summed E-state index contributed by atoms with van der Waals surface area (Å²) in [5.74, 6) is 2.61. The van der Waals surface area contributed by atoms with E-state index in [0.29, 0.717) is 18.6 Å². The summed E-state index contributed by atoms with van der Waals surface area (Å²) in [6.45, 7) is 6.40. The predicted octanol–water partition coefficient (Wildman–Crippen LogP) is 4.08. The fraction of sp³-hybridized carbons (Fsp3) is 0.548. The second kappa shape index (κ2) is 14.5. The van der Waals surface area contributed by atoms with Crippen molar-refractivity contribution < 1.29 is 4.74 Å². The van der Waals surface area contributed by atoms with Crippen LogP contribution < -0.4 is 20.3 Å². The molecule has 2 heterocycles. The summed E-state index contributed by atoms with van der Waals surface area (Å²) >= 11 is 0. The summed E-state index contributed by atoms with van der Waals surface area (Å²) in [7, 11) is 12.6. The van der Waals surface area contributed by atoms with Crippen LogP contribution in [0.25, 0.3) is 10.9 Å². The van der Waals surface area contributed by atoms with Gasteiger partial charge in [0.25, 0.3) is 0 Å². The van der Waals surface area contributed by atoms with E-state index in [9.17, 15) is 0 Å².